The lowest BCUT2D eigenvalue weighted by Gasteiger charge is -2.04. The maximum Gasteiger partial charge on any atom is 0.261 e. The van der Waals surface area contributed by atoms with Crippen molar-refractivity contribution < 1.29 is 4.39 Å². The Morgan fingerprint density at radius 2 is 2.27 bits per heavy atom. The van der Waals surface area contributed by atoms with Crippen LogP contribution >= 0.6 is 15.9 Å². The maximum atomic E-state index is 12.1. The van der Waals surface area contributed by atoms with E-state index >= 15 is 0 Å². The van der Waals surface area contributed by atoms with E-state index in [4.69, 9.17) is 0 Å². The Kier molecular flexibility index (Phi) is 2.81. The summed E-state index contributed by atoms with van der Waals surface area (Å²) < 4.78 is 14.2. The molecule has 0 unspecified atom stereocenters. The molecule has 1 heterocycles. The second kappa shape index (κ2) is 4.10. The molecule has 0 radical (unpaired) electrons. The first-order chi connectivity index (χ1) is 7.24. The molecule has 3 nitrogen and oxygen atoms in total. The number of para-hydroxylation sites is 1. The van der Waals surface area contributed by atoms with Crippen LogP contribution in [-0.4, -0.2) is 16.2 Å². The number of rotatable bonds is 2. The smallest absolute Gasteiger partial charge is 0.261 e. The lowest BCUT2D eigenvalue weighted by Crippen LogP contribution is -2.21. The zero-order valence-electron chi connectivity index (χ0n) is 7.78. The second-order valence-electron chi connectivity index (χ2n) is 3.07. The fourth-order valence-corrected chi connectivity index (χ4v) is 1.87. The molecule has 0 aliphatic rings. The Hall–Kier alpha value is -1.23. The summed E-state index contributed by atoms with van der Waals surface area (Å²) in [4.78, 5) is 15.9. The summed E-state index contributed by atoms with van der Waals surface area (Å²) in [6.45, 7) is -0.518. The minimum Gasteiger partial charge on any atom is -0.296 e. The van der Waals surface area contributed by atoms with E-state index in [1.165, 1.54) is 10.9 Å². The molecule has 2 rings (SSSR count). The van der Waals surface area contributed by atoms with Gasteiger partial charge in [0.15, 0.2) is 0 Å². The lowest BCUT2D eigenvalue weighted by atomic mass is 10.2. The molecular weight excluding hydrogens is 263 g/mol. The van der Waals surface area contributed by atoms with E-state index in [9.17, 15) is 9.18 Å². The summed E-state index contributed by atoms with van der Waals surface area (Å²) in [5, 5.41) is 0.500. The molecule has 0 bridgehead atoms. The van der Waals surface area contributed by atoms with E-state index in [2.05, 4.69) is 20.9 Å². The highest BCUT2D eigenvalue weighted by atomic mass is 79.9. The van der Waals surface area contributed by atoms with Gasteiger partial charge < -0.3 is 0 Å². The first-order valence-electron chi connectivity index (χ1n) is 4.43. The average Bonchev–Trinajstić information content (AvgIpc) is 2.23. The van der Waals surface area contributed by atoms with Crippen molar-refractivity contribution in [3.05, 3.63) is 39.4 Å². The van der Waals surface area contributed by atoms with E-state index in [-0.39, 0.29) is 12.1 Å². The Morgan fingerprint density at radius 3 is 3.00 bits per heavy atom. The predicted octanol–water partition coefficient (Wildman–Crippen LogP) is 2.13. The molecule has 0 saturated heterocycles. The molecule has 0 atom stereocenters. The van der Waals surface area contributed by atoms with Crippen molar-refractivity contribution in [2.45, 2.75) is 6.54 Å². The average molecular weight is 271 g/mol. The Morgan fingerprint density at radius 1 is 1.47 bits per heavy atom. The maximum absolute atomic E-state index is 12.1. The van der Waals surface area contributed by atoms with Gasteiger partial charge in [0.2, 0.25) is 0 Å². The van der Waals surface area contributed by atoms with Gasteiger partial charge in [-0.1, -0.05) is 6.07 Å². The van der Waals surface area contributed by atoms with E-state index in [1.807, 2.05) is 6.07 Å². The first-order valence-corrected chi connectivity index (χ1v) is 5.23. The van der Waals surface area contributed by atoms with Gasteiger partial charge >= 0.3 is 0 Å². The van der Waals surface area contributed by atoms with Gasteiger partial charge in [-0.25, -0.2) is 9.37 Å². The number of halogens is 2. The first kappa shape index (κ1) is 10.3. The Labute approximate surface area is 93.7 Å². The molecule has 5 heteroatoms. The minimum absolute atomic E-state index is 0.0499. The molecule has 0 fully saturated rings. The van der Waals surface area contributed by atoms with Crippen molar-refractivity contribution in [3.8, 4) is 0 Å². The standard InChI is InChI=1S/C10H8BrFN2O/c11-8-3-1-2-7-9(8)13-6-14(5-4-12)10(7)15/h1-3,6H,4-5H2. The topological polar surface area (TPSA) is 34.9 Å². The number of hydrogen-bond acceptors (Lipinski definition) is 2. The monoisotopic (exact) mass is 270 g/mol. The van der Waals surface area contributed by atoms with Crippen LogP contribution in [0.2, 0.25) is 0 Å². The van der Waals surface area contributed by atoms with Crippen LogP contribution in [0.1, 0.15) is 0 Å². The summed E-state index contributed by atoms with van der Waals surface area (Å²) in [7, 11) is 0. The summed E-state index contributed by atoms with van der Waals surface area (Å²) in [5.41, 5.74) is 0.400. The molecule has 2 aromatic rings. The van der Waals surface area contributed by atoms with E-state index in [0.717, 1.165) is 4.47 Å². The fourth-order valence-electron chi connectivity index (χ4n) is 1.40. The second-order valence-corrected chi connectivity index (χ2v) is 3.92. The predicted molar refractivity (Wildman–Crippen MR) is 59.7 cm³/mol. The molecule has 0 aliphatic carbocycles. The van der Waals surface area contributed by atoms with Gasteiger partial charge in [0.1, 0.15) is 6.67 Å². The van der Waals surface area contributed by atoms with Crippen LogP contribution < -0.4 is 5.56 Å². The van der Waals surface area contributed by atoms with Crippen LogP contribution in [0.5, 0.6) is 0 Å². The van der Waals surface area contributed by atoms with E-state index in [0.29, 0.717) is 10.9 Å². The SMILES string of the molecule is O=c1c2cccc(Br)c2ncn1CCF. The molecule has 0 aliphatic heterocycles. The van der Waals surface area contributed by atoms with Crippen LogP contribution in [0.15, 0.2) is 33.8 Å². The van der Waals surface area contributed by atoms with Crippen molar-refractivity contribution in [2.24, 2.45) is 0 Å². The molecule has 78 valence electrons. The number of alkyl halides is 1. The molecule has 1 aromatic heterocycles. The number of aromatic nitrogens is 2. The van der Waals surface area contributed by atoms with E-state index in [1.54, 1.807) is 12.1 Å². The van der Waals surface area contributed by atoms with Gasteiger partial charge in [0.25, 0.3) is 5.56 Å². The van der Waals surface area contributed by atoms with Gasteiger partial charge in [-0.2, -0.15) is 0 Å². The summed E-state index contributed by atoms with van der Waals surface area (Å²) >= 11 is 3.31. The van der Waals surface area contributed by atoms with Crippen molar-refractivity contribution in [1.29, 1.82) is 0 Å². The van der Waals surface area contributed by atoms with Crippen molar-refractivity contribution in [1.82, 2.24) is 9.55 Å². The Balaban J connectivity index is 2.75. The third kappa shape index (κ3) is 1.79. The summed E-state index contributed by atoms with van der Waals surface area (Å²) in [6, 6.07) is 5.26. The number of fused-ring (bicyclic) bond motifs is 1. The molecular formula is C10H8BrFN2O. The number of aryl methyl sites for hydroxylation is 1. The largest absolute Gasteiger partial charge is 0.296 e. The van der Waals surface area contributed by atoms with Gasteiger partial charge in [-0.15, -0.1) is 0 Å². The molecule has 0 N–H and O–H groups in total. The molecule has 1 aromatic carbocycles. The van der Waals surface area contributed by atoms with Gasteiger partial charge in [-0.05, 0) is 28.1 Å². The normalized spacial score (nSPS) is 10.8. The molecule has 0 saturated carbocycles. The summed E-state index contributed by atoms with van der Waals surface area (Å²) in [5.74, 6) is 0. The quantitative estimate of drug-likeness (QED) is 0.838. The highest BCUT2D eigenvalue weighted by Gasteiger charge is 2.05. The van der Waals surface area contributed by atoms with Crippen molar-refractivity contribution in [3.63, 3.8) is 0 Å². The van der Waals surface area contributed by atoms with Crippen molar-refractivity contribution in [2.75, 3.05) is 6.67 Å². The van der Waals surface area contributed by atoms with Gasteiger partial charge in [0.05, 0.1) is 23.8 Å². The van der Waals surface area contributed by atoms with Crippen molar-refractivity contribution >= 4 is 26.8 Å². The highest BCUT2D eigenvalue weighted by molar-refractivity contribution is 9.10. The zero-order valence-corrected chi connectivity index (χ0v) is 9.37. The third-order valence-electron chi connectivity index (χ3n) is 2.13. The van der Waals surface area contributed by atoms with Gasteiger partial charge in [-0.3, -0.25) is 9.36 Å². The van der Waals surface area contributed by atoms with Crippen LogP contribution in [-0.2, 0) is 6.54 Å². The molecule has 0 spiro atoms. The van der Waals surface area contributed by atoms with Gasteiger partial charge in [0, 0.05) is 4.47 Å². The molecule has 0 amide bonds. The minimum atomic E-state index is -0.568. The number of nitrogens with zero attached hydrogens (tertiary/aromatic N) is 2. The summed E-state index contributed by atoms with van der Waals surface area (Å²) in [6.07, 6.45) is 1.37. The lowest BCUT2D eigenvalue weighted by molar-refractivity contribution is 0.439. The fraction of sp³-hybridized carbons (Fsp3) is 0.200. The zero-order chi connectivity index (χ0) is 10.8. The third-order valence-corrected chi connectivity index (χ3v) is 2.77. The van der Waals surface area contributed by atoms with Crippen LogP contribution in [0, 0.1) is 0 Å². The number of hydrogen-bond donors (Lipinski definition) is 0. The van der Waals surface area contributed by atoms with Crippen LogP contribution in [0.4, 0.5) is 4.39 Å². The molecule has 15 heavy (non-hydrogen) atoms. The number of benzene rings is 1. The van der Waals surface area contributed by atoms with Crippen LogP contribution in [0.25, 0.3) is 10.9 Å². The van der Waals surface area contributed by atoms with Crippen LogP contribution in [0.3, 0.4) is 0 Å². The van der Waals surface area contributed by atoms with E-state index < -0.39 is 6.67 Å². The Bertz CT molecular complexity index is 553. The highest BCUT2D eigenvalue weighted by Crippen LogP contribution is 2.18.